The van der Waals surface area contributed by atoms with Crippen LogP contribution in [0.1, 0.15) is 6.42 Å². The van der Waals surface area contributed by atoms with E-state index < -0.39 is 11.6 Å². The molecule has 1 saturated heterocycles. The molecule has 0 aromatic heterocycles. The molecule has 1 aliphatic rings. The minimum atomic E-state index is -0.775. The number of anilines is 1. The molecular weight excluding hydrogens is 278 g/mol. The first-order valence-corrected chi connectivity index (χ1v) is 7.03. The number of nitrogens with one attached hydrogen (secondary N) is 1. The van der Waals surface area contributed by atoms with Crippen LogP contribution in [-0.2, 0) is 0 Å². The van der Waals surface area contributed by atoms with Crippen LogP contribution in [-0.4, -0.2) is 55.1 Å². The maximum Gasteiger partial charge on any atom is 0.321 e. The Bertz CT molecular complexity index is 498. The van der Waals surface area contributed by atoms with Crippen molar-refractivity contribution in [2.45, 2.75) is 6.42 Å². The molecule has 1 aromatic carbocycles. The van der Waals surface area contributed by atoms with E-state index in [-0.39, 0.29) is 11.7 Å². The lowest BCUT2D eigenvalue weighted by Gasteiger charge is -2.22. The zero-order valence-electron chi connectivity index (χ0n) is 11.8. The van der Waals surface area contributed by atoms with E-state index in [4.69, 9.17) is 5.73 Å². The molecule has 1 fully saturated rings. The first kappa shape index (κ1) is 15.7. The van der Waals surface area contributed by atoms with Crippen LogP contribution in [0.3, 0.4) is 0 Å². The van der Waals surface area contributed by atoms with Gasteiger partial charge in [-0.2, -0.15) is 0 Å². The van der Waals surface area contributed by atoms with Crippen molar-refractivity contribution < 1.29 is 13.6 Å². The molecule has 5 nitrogen and oxygen atoms in total. The molecule has 1 heterocycles. The van der Waals surface area contributed by atoms with Gasteiger partial charge in [0.15, 0.2) is 0 Å². The Morgan fingerprint density at radius 3 is 2.76 bits per heavy atom. The summed E-state index contributed by atoms with van der Waals surface area (Å²) in [4.78, 5) is 16.0. The summed E-state index contributed by atoms with van der Waals surface area (Å²) >= 11 is 0. The second-order valence-corrected chi connectivity index (χ2v) is 5.03. The maximum atomic E-state index is 13.5. The van der Waals surface area contributed by atoms with Gasteiger partial charge in [0.05, 0.1) is 5.69 Å². The lowest BCUT2D eigenvalue weighted by Crippen LogP contribution is -2.39. The smallest absolute Gasteiger partial charge is 0.321 e. The fourth-order valence-electron chi connectivity index (χ4n) is 2.37. The highest BCUT2D eigenvalue weighted by Gasteiger charge is 2.19. The lowest BCUT2D eigenvalue weighted by atomic mass is 10.3. The van der Waals surface area contributed by atoms with Gasteiger partial charge in [0, 0.05) is 38.8 Å². The molecule has 0 radical (unpaired) electrons. The van der Waals surface area contributed by atoms with Crippen molar-refractivity contribution in [3.63, 3.8) is 0 Å². The monoisotopic (exact) mass is 298 g/mol. The molecule has 2 rings (SSSR count). The second-order valence-electron chi connectivity index (χ2n) is 5.03. The van der Waals surface area contributed by atoms with Gasteiger partial charge in [-0.25, -0.2) is 13.6 Å². The molecule has 7 heteroatoms. The molecule has 0 unspecified atom stereocenters. The van der Waals surface area contributed by atoms with Gasteiger partial charge in [-0.15, -0.1) is 0 Å². The van der Waals surface area contributed by atoms with Crippen LogP contribution < -0.4 is 11.1 Å². The van der Waals surface area contributed by atoms with E-state index in [9.17, 15) is 13.6 Å². The van der Waals surface area contributed by atoms with Crippen molar-refractivity contribution >= 4 is 11.7 Å². The van der Waals surface area contributed by atoms with Crippen LogP contribution in [0.4, 0.5) is 19.3 Å². The van der Waals surface area contributed by atoms with Gasteiger partial charge in [-0.05, 0) is 25.1 Å². The minimum absolute atomic E-state index is 0.00976. The Hall–Kier alpha value is -1.73. The van der Waals surface area contributed by atoms with E-state index in [1.165, 1.54) is 6.07 Å². The molecule has 0 saturated carbocycles. The average molecular weight is 298 g/mol. The highest BCUT2D eigenvalue weighted by Crippen LogP contribution is 2.16. The molecule has 2 amide bonds. The molecule has 0 spiro atoms. The third-order valence-corrected chi connectivity index (χ3v) is 3.49. The second kappa shape index (κ2) is 7.33. The van der Waals surface area contributed by atoms with Crippen molar-refractivity contribution in [2.24, 2.45) is 5.73 Å². The van der Waals surface area contributed by atoms with Crippen molar-refractivity contribution in [3.05, 3.63) is 29.8 Å². The Morgan fingerprint density at radius 1 is 1.24 bits per heavy atom. The molecule has 0 bridgehead atoms. The van der Waals surface area contributed by atoms with E-state index in [2.05, 4.69) is 10.2 Å². The fourth-order valence-corrected chi connectivity index (χ4v) is 2.37. The topological polar surface area (TPSA) is 61.6 Å². The summed E-state index contributed by atoms with van der Waals surface area (Å²) in [5.41, 5.74) is 5.52. The normalized spacial score (nSPS) is 16.6. The molecule has 116 valence electrons. The average Bonchev–Trinajstić information content (AvgIpc) is 2.68. The Kier molecular flexibility index (Phi) is 5.46. The van der Waals surface area contributed by atoms with Crippen LogP contribution >= 0.6 is 0 Å². The fraction of sp³-hybridized carbons (Fsp3) is 0.500. The van der Waals surface area contributed by atoms with Crippen LogP contribution in [0.15, 0.2) is 18.2 Å². The van der Waals surface area contributed by atoms with Gasteiger partial charge >= 0.3 is 6.03 Å². The third-order valence-electron chi connectivity index (χ3n) is 3.49. The molecular formula is C14H20F2N4O. The maximum absolute atomic E-state index is 13.5. The zero-order chi connectivity index (χ0) is 15.2. The van der Waals surface area contributed by atoms with Crippen LogP contribution in [0.2, 0.25) is 0 Å². The lowest BCUT2D eigenvalue weighted by molar-refractivity contribution is 0.211. The Morgan fingerprint density at radius 2 is 2.05 bits per heavy atom. The number of nitrogens with zero attached hydrogens (tertiary/aromatic N) is 2. The predicted octanol–water partition coefficient (Wildman–Crippen LogP) is 1.46. The van der Waals surface area contributed by atoms with Gasteiger partial charge in [0.25, 0.3) is 0 Å². The van der Waals surface area contributed by atoms with Gasteiger partial charge < -0.3 is 20.9 Å². The summed E-state index contributed by atoms with van der Waals surface area (Å²) in [6.45, 7) is 4.21. The quantitative estimate of drug-likeness (QED) is 0.888. The van der Waals surface area contributed by atoms with Gasteiger partial charge in [0.1, 0.15) is 11.6 Å². The van der Waals surface area contributed by atoms with Crippen molar-refractivity contribution in [1.29, 1.82) is 0 Å². The number of rotatable bonds is 3. The van der Waals surface area contributed by atoms with Crippen molar-refractivity contribution in [3.8, 4) is 0 Å². The number of urea groups is 1. The van der Waals surface area contributed by atoms with Crippen LogP contribution in [0, 0.1) is 11.6 Å². The van der Waals surface area contributed by atoms with Gasteiger partial charge in [-0.1, -0.05) is 0 Å². The number of halogens is 2. The largest absolute Gasteiger partial charge is 0.329 e. The molecule has 3 N–H and O–H groups in total. The summed E-state index contributed by atoms with van der Waals surface area (Å²) in [5.74, 6) is -1.44. The highest BCUT2D eigenvalue weighted by atomic mass is 19.1. The van der Waals surface area contributed by atoms with E-state index in [1.54, 1.807) is 4.90 Å². The van der Waals surface area contributed by atoms with Gasteiger partial charge in [0.2, 0.25) is 0 Å². The predicted molar refractivity (Wildman–Crippen MR) is 77.1 cm³/mol. The number of carbonyl (C=O) groups excluding carboxylic acids is 1. The zero-order valence-corrected chi connectivity index (χ0v) is 11.8. The summed E-state index contributed by atoms with van der Waals surface area (Å²) in [6, 6.07) is 2.72. The Balaban J connectivity index is 1.93. The minimum Gasteiger partial charge on any atom is -0.329 e. The standard InChI is InChI=1S/C14H20F2N4O/c15-11-2-3-13(12(16)10-11)18-14(21)20-6-1-5-19(7-4-17)8-9-20/h2-3,10H,1,4-9,17H2,(H,18,21). The number of hydrogen-bond donors (Lipinski definition) is 2. The third kappa shape index (κ3) is 4.37. The van der Waals surface area contributed by atoms with Crippen LogP contribution in [0.5, 0.6) is 0 Å². The molecule has 1 aliphatic heterocycles. The summed E-state index contributed by atoms with van der Waals surface area (Å²) in [6.07, 6.45) is 0.847. The Labute approximate surface area is 122 Å². The van der Waals surface area contributed by atoms with Crippen LogP contribution in [0.25, 0.3) is 0 Å². The summed E-state index contributed by atoms with van der Waals surface area (Å²) in [7, 11) is 0. The molecule has 0 aliphatic carbocycles. The summed E-state index contributed by atoms with van der Waals surface area (Å²) < 4.78 is 26.4. The van der Waals surface area contributed by atoms with Gasteiger partial charge in [-0.3, -0.25) is 0 Å². The SMILES string of the molecule is NCCN1CCCN(C(=O)Nc2ccc(F)cc2F)CC1. The van der Waals surface area contributed by atoms with E-state index >= 15 is 0 Å². The highest BCUT2D eigenvalue weighted by molar-refractivity contribution is 5.89. The number of benzene rings is 1. The van der Waals surface area contributed by atoms with E-state index in [1.807, 2.05) is 0 Å². The number of hydrogen-bond acceptors (Lipinski definition) is 3. The number of amides is 2. The molecule has 1 aromatic rings. The van der Waals surface area contributed by atoms with Crippen molar-refractivity contribution in [2.75, 3.05) is 44.6 Å². The molecule has 0 atom stereocenters. The first-order valence-electron chi connectivity index (χ1n) is 7.03. The van der Waals surface area contributed by atoms with E-state index in [0.29, 0.717) is 19.6 Å². The van der Waals surface area contributed by atoms with E-state index in [0.717, 1.165) is 38.2 Å². The summed E-state index contributed by atoms with van der Waals surface area (Å²) in [5, 5.41) is 2.48. The first-order chi connectivity index (χ1) is 10.1. The number of carbonyl (C=O) groups is 1. The van der Waals surface area contributed by atoms with Crippen molar-refractivity contribution in [1.82, 2.24) is 9.80 Å². The number of nitrogens with two attached hydrogens (primary N) is 1. The molecule has 21 heavy (non-hydrogen) atoms.